The zero-order valence-corrected chi connectivity index (χ0v) is 17.1. The molecule has 0 unspecified atom stereocenters. The fraction of sp³-hybridized carbons (Fsp3) is 0.444. The molecule has 0 aromatic heterocycles. The number of urea groups is 1. The van der Waals surface area contributed by atoms with Gasteiger partial charge in [-0.05, 0) is 54.4 Å². The Bertz CT molecular complexity index is 747. The van der Waals surface area contributed by atoms with E-state index >= 15 is 0 Å². The summed E-state index contributed by atoms with van der Waals surface area (Å²) in [5.41, 5.74) is 1.59. The summed E-state index contributed by atoms with van der Waals surface area (Å²) in [6, 6.07) is 2.62. The van der Waals surface area contributed by atoms with Crippen molar-refractivity contribution in [2.24, 2.45) is 0 Å². The summed E-state index contributed by atoms with van der Waals surface area (Å²) in [5.74, 6) is 0.619. The lowest BCUT2D eigenvalue weighted by atomic mass is 9.94. The van der Waals surface area contributed by atoms with E-state index < -0.39 is 12.0 Å². The zero-order valence-electron chi connectivity index (χ0n) is 15.5. The minimum Gasteiger partial charge on any atom is -0.490 e. The predicted molar refractivity (Wildman–Crippen MR) is 100 cm³/mol. The molecular weight excluding hydrogens is 404 g/mol. The molecule has 0 radical (unpaired) electrons. The second kappa shape index (κ2) is 8.44. The van der Waals surface area contributed by atoms with Crippen LogP contribution in [0.15, 0.2) is 27.9 Å². The van der Waals surface area contributed by atoms with Gasteiger partial charge in [-0.25, -0.2) is 9.59 Å². The van der Waals surface area contributed by atoms with Gasteiger partial charge in [0.2, 0.25) is 0 Å². The first-order valence-electron chi connectivity index (χ1n) is 8.27. The molecule has 1 aliphatic heterocycles. The highest BCUT2D eigenvalue weighted by Gasteiger charge is 2.35. The van der Waals surface area contributed by atoms with Crippen LogP contribution in [0.1, 0.15) is 32.4 Å². The molecule has 1 aromatic rings. The summed E-state index contributed by atoms with van der Waals surface area (Å²) < 4.78 is 16.9. The lowest BCUT2D eigenvalue weighted by molar-refractivity contribution is -0.136. The average molecular weight is 427 g/mol. The van der Waals surface area contributed by atoms with Gasteiger partial charge in [0.15, 0.2) is 11.5 Å². The number of carbonyl (C=O) groups excluding carboxylic acids is 2. The number of nitrogens with one attached hydrogen (secondary N) is 1. The third-order valence-corrected chi connectivity index (χ3v) is 4.70. The maximum Gasteiger partial charge on any atom is 0.337 e. The van der Waals surface area contributed by atoms with Gasteiger partial charge in [0.05, 0.1) is 36.4 Å². The first kappa shape index (κ1) is 20.1. The average Bonchev–Trinajstić information content (AvgIpc) is 2.61. The van der Waals surface area contributed by atoms with Crippen molar-refractivity contribution in [3.05, 3.63) is 33.4 Å². The quantitative estimate of drug-likeness (QED) is 0.705. The van der Waals surface area contributed by atoms with Crippen LogP contribution in [0.25, 0.3) is 0 Å². The monoisotopic (exact) mass is 426 g/mol. The Morgan fingerprint density at radius 1 is 1.27 bits per heavy atom. The van der Waals surface area contributed by atoms with Gasteiger partial charge in [-0.2, -0.15) is 0 Å². The molecule has 1 heterocycles. The van der Waals surface area contributed by atoms with Crippen LogP contribution in [-0.2, 0) is 9.53 Å². The van der Waals surface area contributed by atoms with Crippen LogP contribution < -0.4 is 14.8 Å². The maximum absolute atomic E-state index is 12.4. The number of ether oxygens (including phenoxy) is 3. The molecule has 8 heteroatoms. The van der Waals surface area contributed by atoms with Gasteiger partial charge in [-0.15, -0.1) is 0 Å². The SMILES string of the molecule is CCOc1cc([C@@H]2NC(=O)N(C)C(C)=C2C(=O)OC)cc(Br)c1OCC. The smallest absolute Gasteiger partial charge is 0.337 e. The van der Waals surface area contributed by atoms with E-state index in [0.717, 1.165) is 0 Å². The Morgan fingerprint density at radius 3 is 2.50 bits per heavy atom. The van der Waals surface area contributed by atoms with Crippen LogP contribution in [0.2, 0.25) is 0 Å². The third kappa shape index (κ3) is 3.80. The zero-order chi connectivity index (χ0) is 19.4. The van der Waals surface area contributed by atoms with Crippen molar-refractivity contribution in [3.8, 4) is 11.5 Å². The number of hydrogen-bond acceptors (Lipinski definition) is 5. The molecular formula is C18H23BrN2O5. The van der Waals surface area contributed by atoms with E-state index in [9.17, 15) is 9.59 Å². The van der Waals surface area contributed by atoms with Gasteiger partial charge < -0.3 is 24.4 Å². The Labute approximate surface area is 161 Å². The van der Waals surface area contributed by atoms with E-state index in [-0.39, 0.29) is 6.03 Å². The Kier molecular flexibility index (Phi) is 6.52. The van der Waals surface area contributed by atoms with Crippen molar-refractivity contribution in [2.75, 3.05) is 27.4 Å². The molecule has 2 amide bonds. The number of amides is 2. The molecule has 0 fully saturated rings. The molecule has 1 aromatic carbocycles. The predicted octanol–water partition coefficient (Wildman–Crippen LogP) is 3.39. The minimum absolute atomic E-state index is 0.303. The number of esters is 1. The van der Waals surface area contributed by atoms with Crippen LogP contribution in [0.3, 0.4) is 0 Å². The molecule has 0 saturated carbocycles. The fourth-order valence-corrected chi connectivity index (χ4v) is 3.34. The van der Waals surface area contributed by atoms with Gasteiger partial charge >= 0.3 is 12.0 Å². The highest BCUT2D eigenvalue weighted by molar-refractivity contribution is 9.10. The number of nitrogens with zero attached hydrogens (tertiary/aromatic N) is 1. The number of allylic oxidation sites excluding steroid dienone is 1. The summed E-state index contributed by atoms with van der Waals surface area (Å²) in [7, 11) is 2.92. The van der Waals surface area contributed by atoms with Gasteiger partial charge in [0.1, 0.15) is 0 Å². The van der Waals surface area contributed by atoms with E-state index in [1.54, 1.807) is 26.1 Å². The number of hydrogen-bond donors (Lipinski definition) is 1. The van der Waals surface area contributed by atoms with Gasteiger partial charge in [0, 0.05) is 12.7 Å². The Morgan fingerprint density at radius 2 is 1.92 bits per heavy atom. The number of methoxy groups -OCH3 is 1. The molecule has 2 rings (SSSR count). The lowest BCUT2D eigenvalue weighted by Gasteiger charge is -2.33. The molecule has 26 heavy (non-hydrogen) atoms. The normalized spacial score (nSPS) is 17.1. The fourth-order valence-electron chi connectivity index (χ4n) is 2.76. The van der Waals surface area contributed by atoms with E-state index in [2.05, 4.69) is 21.2 Å². The van der Waals surface area contributed by atoms with Gasteiger partial charge in [-0.3, -0.25) is 0 Å². The second-order valence-electron chi connectivity index (χ2n) is 5.63. The largest absolute Gasteiger partial charge is 0.490 e. The molecule has 1 aliphatic rings. The molecule has 142 valence electrons. The van der Waals surface area contributed by atoms with E-state index in [0.29, 0.717) is 46.0 Å². The highest BCUT2D eigenvalue weighted by Crippen LogP contribution is 2.41. The Hall–Kier alpha value is -2.22. The maximum atomic E-state index is 12.4. The van der Waals surface area contributed by atoms with E-state index in [1.807, 2.05) is 13.8 Å². The van der Waals surface area contributed by atoms with Crippen LogP contribution in [0.4, 0.5) is 4.79 Å². The molecule has 7 nitrogen and oxygen atoms in total. The molecule has 0 spiro atoms. The first-order valence-corrected chi connectivity index (χ1v) is 9.07. The molecule has 0 bridgehead atoms. The minimum atomic E-state index is -0.655. The number of carbonyl (C=O) groups is 2. The van der Waals surface area contributed by atoms with Crippen LogP contribution >= 0.6 is 15.9 Å². The van der Waals surface area contributed by atoms with Gasteiger partial charge in [-0.1, -0.05) is 0 Å². The third-order valence-electron chi connectivity index (χ3n) is 4.11. The summed E-state index contributed by atoms with van der Waals surface area (Å²) >= 11 is 3.49. The van der Waals surface area contributed by atoms with E-state index in [1.165, 1.54) is 12.0 Å². The molecule has 0 saturated heterocycles. The lowest BCUT2D eigenvalue weighted by Crippen LogP contribution is -2.46. The number of rotatable bonds is 6. The standard InChI is InChI=1S/C18H23BrN2O5/c1-6-25-13-9-11(8-12(19)16(13)26-7-2)15-14(17(22)24-5)10(3)21(4)18(23)20-15/h8-9,15H,6-7H2,1-5H3,(H,20,23)/t15-/m0/s1. The summed E-state index contributed by atoms with van der Waals surface area (Å²) in [5, 5.41) is 2.84. The first-order chi connectivity index (χ1) is 12.3. The van der Waals surface area contributed by atoms with Crippen molar-refractivity contribution in [1.82, 2.24) is 10.2 Å². The molecule has 1 N–H and O–H groups in total. The summed E-state index contributed by atoms with van der Waals surface area (Å²) in [6.07, 6.45) is 0. The van der Waals surface area contributed by atoms with Crippen molar-refractivity contribution in [3.63, 3.8) is 0 Å². The second-order valence-corrected chi connectivity index (χ2v) is 6.48. The molecule has 0 aliphatic carbocycles. The highest BCUT2D eigenvalue weighted by atomic mass is 79.9. The van der Waals surface area contributed by atoms with Crippen molar-refractivity contribution >= 4 is 27.9 Å². The summed E-state index contributed by atoms with van der Waals surface area (Å²) in [6.45, 7) is 6.40. The van der Waals surface area contributed by atoms with Gasteiger partial charge in [0.25, 0.3) is 0 Å². The number of benzene rings is 1. The van der Waals surface area contributed by atoms with Crippen molar-refractivity contribution in [2.45, 2.75) is 26.8 Å². The summed E-state index contributed by atoms with van der Waals surface area (Å²) in [4.78, 5) is 26.0. The van der Waals surface area contributed by atoms with Crippen LogP contribution in [0, 0.1) is 0 Å². The van der Waals surface area contributed by atoms with Crippen LogP contribution in [-0.4, -0.2) is 44.3 Å². The Balaban J connectivity index is 2.60. The van der Waals surface area contributed by atoms with E-state index in [4.69, 9.17) is 14.2 Å². The number of halogens is 1. The topological polar surface area (TPSA) is 77.1 Å². The molecule has 1 atom stereocenters. The van der Waals surface area contributed by atoms with Crippen LogP contribution in [0.5, 0.6) is 11.5 Å². The van der Waals surface area contributed by atoms with Crippen molar-refractivity contribution < 1.29 is 23.8 Å². The van der Waals surface area contributed by atoms with Crippen molar-refractivity contribution in [1.29, 1.82) is 0 Å².